The molecule has 1 amide bonds. The number of hydrogen-bond donors (Lipinski definition) is 1. The van der Waals surface area contributed by atoms with E-state index >= 15 is 0 Å². The van der Waals surface area contributed by atoms with Crippen molar-refractivity contribution >= 4 is 23.4 Å². The van der Waals surface area contributed by atoms with E-state index in [0.29, 0.717) is 11.3 Å². The van der Waals surface area contributed by atoms with Crippen LogP contribution in [-0.2, 0) is 0 Å². The molecule has 0 unspecified atom stereocenters. The lowest BCUT2D eigenvalue weighted by Crippen LogP contribution is -2.13. The van der Waals surface area contributed by atoms with Gasteiger partial charge in [0.05, 0.1) is 33.9 Å². The molecule has 1 aromatic carbocycles. The van der Waals surface area contributed by atoms with Gasteiger partial charge in [0.15, 0.2) is 0 Å². The Morgan fingerprint density at radius 3 is 2.60 bits per heavy atom. The van der Waals surface area contributed by atoms with Crippen molar-refractivity contribution in [2.45, 2.75) is 25.8 Å². The molecule has 25 heavy (non-hydrogen) atoms. The van der Waals surface area contributed by atoms with Gasteiger partial charge in [0.2, 0.25) is 0 Å². The van der Waals surface area contributed by atoms with Crippen LogP contribution in [0.15, 0.2) is 47.8 Å². The SMILES string of the molecule is CSc1ccc(C(=O)Nc2cnn(-c3cc(C)ccc3C)c2C)cn1. The van der Waals surface area contributed by atoms with Crippen LogP contribution in [0.1, 0.15) is 27.2 Å². The number of hydrogen-bond acceptors (Lipinski definition) is 4. The first kappa shape index (κ1) is 17.2. The summed E-state index contributed by atoms with van der Waals surface area (Å²) in [6.45, 7) is 6.04. The lowest BCUT2D eigenvalue weighted by atomic mass is 10.1. The number of benzene rings is 1. The van der Waals surface area contributed by atoms with E-state index in [-0.39, 0.29) is 5.91 Å². The fourth-order valence-corrected chi connectivity index (χ4v) is 2.91. The Balaban J connectivity index is 1.85. The highest BCUT2D eigenvalue weighted by atomic mass is 32.2. The summed E-state index contributed by atoms with van der Waals surface area (Å²) in [5.41, 5.74) is 5.42. The van der Waals surface area contributed by atoms with Gasteiger partial charge >= 0.3 is 0 Å². The van der Waals surface area contributed by atoms with Crippen LogP contribution >= 0.6 is 11.8 Å². The average molecular weight is 352 g/mol. The van der Waals surface area contributed by atoms with Crippen molar-refractivity contribution in [3.05, 3.63) is 65.1 Å². The average Bonchev–Trinajstić information content (AvgIpc) is 2.97. The van der Waals surface area contributed by atoms with Crippen LogP contribution in [-0.4, -0.2) is 26.9 Å². The molecule has 0 aliphatic heterocycles. The highest BCUT2D eigenvalue weighted by Crippen LogP contribution is 2.22. The summed E-state index contributed by atoms with van der Waals surface area (Å²) in [5, 5.41) is 8.25. The van der Waals surface area contributed by atoms with E-state index in [1.54, 1.807) is 30.2 Å². The zero-order valence-electron chi connectivity index (χ0n) is 14.7. The van der Waals surface area contributed by atoms with E-state index in [4.69, 9.17) is 0 Å². The Hall–Kier alpha value is -2.60. The van der Waals surface area contributed by atoms with Gasteiger partial charge in [0.1, 0.15) is 0 Å². The molecule has 128 valence electrons. The number of pyridine rings is 1. The van der Waals surface area contributed by atoms with Gasteiger partial charge in [-0.05, 0) is 56.4 Å². The van der Waals surface area contributed by atoms with Crippen LogP contribution in [0.4, 0.5) is 5.69 Å². The minimum Gasteiger partial charge on any atom is -0.319 e. The molecule has 0 aliphatic carbocycles. The fraction of sp³-hybridized carbons (Fsp3) is 0.211. The number of anilines is 1. The number of carbonyl (C=O) groups excluding carboxylic acids is 1. The van der Waals surface area contributed by atoms with E-state index in [9.17, 15) is 4.79 Å². The maximum Gasteiger partial charge on any atom is 0.257 e. The lowest BCUT2D eigenvalue weighted by molar-refractivity contribution is 0.102. The van der Waals surface area contributed by atoms with Crippen LogP contribution in [0.3, 0.4) is 0 Å². The molecule has 3 aromatic rings. The van der Waals surface area contributed by atoms with Gasteiger partial charge in [0.25, 0.3) is 5.91 Å². The number of nitrogens with zero attached hydrogens (tertiary/aromatic N) is 3. The molecule has 5 nitrogen and oxygen atoms in total. The first-order chi connectivity index (χ1) is 12.0. The molecular formula is C19H20N4OS. The van der Waals surface area contributed by atoms with Gasteiger partial charge in [-0.25, -0.2) is 9.67 Å². The quantitative estimate of drug-likeness (QED) is 0.716. The third-order valence-electron chi connectivity index (χ3n) is 4.06. The molecule has 0 spiro atoms. The molecule has 0 radical (unpaired) electrons. The van der Waals surface area contributed by atoms with Crippen molar-refractivity contribution in [1.29, 1.82) is 0 Å². The van der Waals surface area contributed by atoms with E-state index in [1.165, 1.54) is 5.56 Å². The Morgan fingerprint density at radius 1 is 1.12 bits per heavy atom. The summed E-state index contributed by atoms with van der Waals surface area (Å²) >= 11 is 1.54. The predicted octanol–water partition coefficient (Wildman–Crippen LogP) is 4.17. The molecule has 0 aliphatic rings. The number of aryl methyl sites for hydroxylation is 2. The Morgan fingerprint density at radius 2 is 1.92 bits per heavy atom. The number of amides is 1. The molecular weight excluding hydrogens is 332 g/mol. The normalized spacial score (nSPS) is 10.7. The molecule has 2 heterocycles. The van der Waals surface area contributed by atoms with Crippen molar-refractivity contribution < 1.29 is 4.79 Å². The molecule has 1 N–H and O–H groups in total. The molecule has 2 aromatic heterocycles. The van der Waals surface area contributed by atoms with E-state index < -0.39 is 0 Å². The molecule has 3 rings (SSSR count). The van der Waals surface area contributed by atoms with Crippen molar-refractivity contribution in [2.24, 2.45) is 0 Å². The van der Waals surface area contributed by atoms with Crippen LogP contribution in [0.2, 0.25) is 0 Å². The molecule has 0 bridgehead atoms. The largest absolute Gasteiger partial charge is 0.319 e. The van der Waals surface area contributed by atoms with Gasteiger partial charge in [-0.3, -0.25) is 4.79 Å². The lowest BCUT2D eigenvalue weighted by Gasteiger charge is -2.10. The highest BCUT2D eigenvalue weighted by molar-refractivity contribution is 7.98. The summed E-state index contributed by atoms with van der Waals surface area (Å²) in [4.78, 5) is 16.7. The minimum absolute atomic E-state index is 0.191. The van der Waals surface area contributed by atoms with E-state index in [0.717, 1.165) is 22.0 Å². The summed E-state index contributed by atoms with van der Waals surface area (Å²) in [6.07, 6.45) is 5.22. The number of aromatic nitrogens is 3. The number of nitrogens with one attached hydrogen (secondary N) is 1. The molecule has 0 saturated carbocycles. The fourth-order valence-electron chi connectivity index (χ4n) is 2.55. The first-order valence-corrected chi connectivity index (χ1v) is 9.15. The Kier molecular flexibility index (Phi) is 4.90. The third-order valence-corrected chi connectivity index (χ3v) is 4.72. The van der Waals surface area contributed by atoms with Crippen molar-refractivity contribution in [2.75, 3.05) is 11.6 Å². The van der Waals surface area contributed by atoms with Gasteiger partial charge in [-0.15, -0.1) is 11.8 Å². The summed E-state index contributed by atoms with van der Waals surface area (Å²) in [6, 6.07) is 9.85. The smallest absolute Gasteiger partial charge is 0.257 e. The van der Waals surface area contributed by atoms with Crippen LogP contribution in [0.5, 0.6) is 0 Å². The second kappa shape index (κ2) is 7.11. The number of thioether (sulfide) groups is 1. The topological polar surface area (TPSA) is 59.8 Å². The van der Waals surface area contributed by atoms with Crippen molar-refractivity contribution in [3.63, 3.8) is 0 Å². The van der Waals surface area contributed by atoms with Gasteiger partial charge in [-0.1, -0.05) is 12.1 Å². The summed E-state index contributed by atoms with van der Waals surface area (Å²) in [7, 11) is 0. The van der Waals surface area contributed by atoms with E-state index in [1.807, 2.05) is 30.9 Å². The second-order valence-corrected chi connectivity index (χ2v) is 6.72. The van der Waals surface area contributed by atoms with Crippen molar-refractivity contribution in [3.8, 4) is 5.69 Å². The van der Waals surface area contributed by atoms with Crippen molar-refractivity contribution in [1.82, 2.24) is 14.8 Å². The molecule has 0 saturated heterocycles. The summed E-state index contributed by atoms with van der Waals surface area (Å²) < 4.78 is 1.85. The Labute approximate surface area is 151 Å². The van der Waals surface area contributed by atoms with Gasteiger partial charge in [-0.2, -0.15) is 5.10 Å². The molecule has 0 fully saturated rings. The van der Waals surface area contributed by atoms with Crippen LogP contribution in [0.25, 0.3) is 5.69 Å². The maximum atomic E-state index is 12.4. The zero-order chi connectivity index (χ0) is 18.0. The van der Waals surface area contributed by atoms with Crippen LogP contribution < -0.4 is 5.32 Å². The first-order valence-electron chi connectivity index (χ1n) is 7.93. The number of rotatable bonds is 4. The molecule has 0 atom stereocenters. The van der Waals surface area contributed by atoms with Crippen LogP contribution in [0, 0.1) is 20.8 Å². The van der Waals surface area contributed by atoms with Gasteiger partial charge in [0, 0.05) is 6.20 Å². The van der Waals surface area contributed by atoms with E-state index in [2.05, 4.69) is 40.5 Å². The number of carbonyl (C=O) groups is 1. The summed E-state index contributed by atoms with van der Waals surface area (Å²) in [5.74, 6) is -0.191. The monoisotopic (exact) mass is 352 g/mol. The predicted molar refractivity (Wildman–Crippen MR) is 102 cm³/mol. The zero-order valence-corrected chi connectivity index (χ0v) is 15.5. The molecule has 6 heteroatoms. The third kappa shape index (κ3) is 3.58. The second-order valence-electron chi connectivity index (χ2n) is 5.89. The maximum absolute atomic E-state index is 12.4. The minimum atomic E-state index is -0.191. The van der Waals surface area contributed by atoms with Gasteiger partial charge < -0.3 is 5.32 Å². The standard InChI is InChI=1S/C19H20N4OS/c1-12-5-6-13(2)17(9-12)23-14(3)16(11-21-23)22-19(24)15-7-8-18(25-4)20-10-15/h5-11H,1-4H3,(H,22,24). The Bertz CT molecular complexity index is 916. The highest BCUT2D eigenvalue weighted by Gasteiger charge is 2.14.